The highest BCUT2D eigenvalue weighted by Crippen LogP contribution is 2.43. The zero-order chi connectivity index (χ0) is 34.6. The topological polar surface area (TPSA) is 130 Å². The number of carbonyl (C=O) groups is 2. The van der Waals surface area contributed by atoms with E-state index in [2.05, 4.69) is 15.1 Å². The van der Waals surface area contributed by atoms with Gasteiger partial charge >= 0.3 is 5.82 Å². The normalized spacial score (nSPS) is 22.6. The van der Waals surface area contributed by atoms with Gasteiger partial charge in [0.25, 0.3) is 17.7 Å². The summed E-state index contributed by atoms with van der Waals surface area (Å²) in [7, 11) is 0. The largest absolute Gasteiger partial charge is 0.482 e. The molecule has 1 saturated carbocycles. The van der Waals surface area contributed by atoms with Gasteiger partial charge in [-0.05, 0) is 41.6 Å². The van der Waals surface area contributed by atoms with Crippen LogP contribution in [0.1, 0.15) is 60.5 Å². The van der Waals surface area contributed by atoms with Crippen molar-refractivity contribution in [3.63, 3.8) is 0 Å². The molecular formula is C34H35ClF3N8O3+. The molecule has 2 aromatic heterocycles. The van der Waals surface area contributed by atoms with E-state index >= 15 is 4.39 Å². The summed E-state index contributed by atoms with van der Waals surface area (Å²) in [5.41, 5.74) is 8.86. The van der Waals surface area contributed by atoms with Crippen LogP contribution in [0, 0.1) is 11.8 Å². The van der Waals surface area contributed by atoms with Gasteiger partial charge in [-0.3, -0.25) is 19.4 Å². The maximum absolute atomic E-state index is 15.5. The minimum absolute atomic E-state index is 0.0724. The Balaban J connectivity index is 1.24. The van der Waals surface area contributed by atoms with Crippen LogP contribution in [0.3, 0.4) is 0 Å². The molecule has 5 heterocycles. The van der Waals surface area contributed by atoms with E-state index in [4.69, 9.17) is 27.1 Å². The number of piperidine rings is 1. The lowest BCUT2D eigenvalue weighted by Crippen LogP contribution is -2.55. The van der Waals surface area contributed by atoms with Gasteiger partial charge in [-0.15, -0.1) is 4.68 Å². The van der Waals surface area contributed by atoms with Gasteiger partial charge in [-0.1, -0.05) is 36.6 Å². The van der Waals surface area contributed by atoms with Crippen LogP contribution in [0.15, 0.2) is 35.7 Å². The van der Waals surface area contributed by atoms with Crippen LogP contribution < -0.4 is 15.4 Å². The lowest BCUT2D eigenvalue weighted by atomic mass is 9.84. The Labute approximate surface area is 285 Å². The van der Waals surface area contributed by atoms with Crippen molar-refractivity contribution in [3.05, 3.63) is 58.3 Å². The van der Waals surface area contributed by atoms with E-state index < -0.39 is 23.9 Å². The molecule has 2 fully saturated rings. The molecule has 15 heteroatoms. The van der Waals surface area contributed by atoms with Crippen molar-refractivity contribution < 1.29 is 32.2 Å². The molecule has 2 atom stereocenters. The highest BCUT2D eigenvalue weighted by atomic mass is 35.5. The van der Waals surface area contributed by atoms with E-state index in [0.717, 1.165) is 0 Å². The molecule has 7 rings (SSSR count). The number of hydrazone groups is 1. The molecule has 4 aliphatic rings. The van der Waals surface area contributed by atoms with Gasteiger partial charge in [0.05, 0.1) is 29.0 Å². The van der Waals surface area contributed by atoms with Gasteiger partial charge in [0, 0.05) is 55.7 Å². The van der Waals surface area contributed by atoms with E-state index in [9.17, 15) is 18.4 Å². The number of benzene rings is 1. The molecule has 11 nitrogen and oxygen atoms in total. The second-order valence-electron chi connectivity index (χ2n) is 13.4. The summed E-state index contributed by atoms with van der Waals surface area (Å²) >= 11 is 5.93. The monoisotopic (exact) mass is 695 g/mol. The molecule has 0 bridgehead atoms. The Morgan fingerprint density at radius 1 is 1.24 bits per heavy atom. The molecule has 2 N–H and O–H groups in total. The number of halogens is 4. The number of likely N-dealkylation sites (tertiary alicyclic amines) is 1. The Kier molecular flexibility index (Phi) is 8.64. The number of hydrogen-bond donors (Lipinski definition) is 1. The van der Waals surface area contributed by atoms with Gasteiger partial charge < -0.3 is 10.5 Å². The van der Waals surface area contributed by atoms with Crippen LogP contribution in [-0.4, -0.2) is 86.6 Å². The van der Waals surface area contributed by atoms with E-state index in [1.807, 2.05) is 18.7 Å². The van der Waals surface area contributed by atoms with Gasteiger partial charge in [0.15, 0.2) is 12.3 Å². The SMILES string of the molecule is CC(C)Cc1nc2c(c(-c3ccc4c(c3)OCC(=O)N4Cc3ncc(Cl)cn3)c1C(N)=O)C=N/[N+]2=C/C1CCN(C2CC(F)(F)C2)C[C@H]1F. The van der Waals surface area contributed by atoms with Crippen LogP contribution in [0.2, 0.25) is 5.02 Å². The highest BCUT2D eigenvalue weighted by molar-refractivity contribution is 6.30. The molecule has 256 valence electrons. The Bertz CT molecular complexity index is 1880. The number of hydrogen-bond acceptors (Lipinski definition) is 8. The number of rotatable bonds is 8. The summed E-state index contributed by atoms with van der Waals surface area (Å²) in [6.45, 7) is 4.47. The summed E-state index contributed by atoms with van der Waals surface area (Å²) in [4.78, 5) is 42.7. The van der Waals surface area contributed by atoms with Gasteiger partial charge in [0.1, 0.15) is 29.5 Å². The summed E-state index contributed by atoms with van der Waals surface area (Å²) in [5.74, 6) is -2.76. The van der Waals surface area contributed by atoms with Crippen LogP contribution in [-0.2, 0) is 17.8 Å². The van der Waals surface area contributed by atoms with Crippen LogP contribution >= 0.6 is 11.6 Å². The van der Waals surface area contributed by atoms with Crippen molar-refractivity contribution in [1.29, 1.82) is 0 Å². The van der Waals surface area contributed by atoms with Gasteiger partial charge in [0.2, 0.25) is 0 Å². The van der Waals surface area contributed by atoms with Gasteiger partial charge in [-0.2, -0.15) is 0 Å². The molecule has 0 spiro atoms. The Morgan fingerprint density at radius 2 is 2.00 bits per heavy atom. The summed E-state index contributed by atoms with van der Waals surface area (Å²) < 4.78 is 49.8. The number of fused-ring (bicyclic) bond motifs is 2. The highest BCUT2D eigenvalue weighted by Gasteiger charge is 2.49. The minimum Gasteiger partial charge on any atom is -0.482 e. The number of pyridine rings is 1. The molecular weight excluding hydrogens is 661 g/mol. The fourth-order valence-electron chi connectivity index (χ4n) is 6.93. The van der Waals surface area contributed by atoms with Crippen molar-refractivity contribution in [1.82, 2.24) is 19.9 Å². The van der Waals surface area contributed by atoms with Crippen LogP contribution in [0.5, 0.6) is 5.75 Å². The number of primary amides is 1. The summed E-state index contributed by atoms with van der Waals surface area (Å²) in [6, 6.07) is 4.95. The zero-order valence-corrected chi connectivity index (χ0v) is 27.7. The van der Waals surface area contributed by atoms with E-state index in [0.29, 0.717) is 69.9 Å². The summed E-state index contributed by atoms with van der Waals surface area (Å²) in [6.07, 6.45) is 5.32. The maximum atomic E-state index is 15.5. The number of amides is 2. The third kappa shape index (κ3) is 6.51. The number of nitrogens with two attached hydrogens (primary N) is 1. The second-order valence-corrected chi connectivity index (χ2v) is 13.8. The lowest BCUT2D eigenvalue weighted by molar-refractivity contribution is -0.442. The molecule has 1 aromatic carbocycles. The number of carbonyl (C=O) groups excluding carboxylic acids is 2. The molecule has 1 aliphatic carbocycles. The van der Waals surface area contributed by atoms with E-state index in [1.165, 1.54) is 17.3 Å². The third-order valence-corrected chi connectivity index (χ3v) is 9.57. The summed E-state index contributed by atoms with van der Waals surface area (Å²) in [5, 5.41) is 4.93. The predicted octanol–water partition coefficient (Wildman–Crippen LogP) is 4.94. The van der Waals surface area contributed by atoms with Crippen molar-refractivity contribution in [3.8, 4) is 16.9 Å². The minimum atomic E-state index is -2.67. The number of nitrogens with zero attached hydrogens (tertiary/aromatic N) is 7. The maximum Gasteiger partial charge on any atom is 0.357 e. The molecule has 1 unspecified atom stereocenters. The quantitative estimate of drug-likeness (QED) is 0.331. The first-order chi connectivity index (χ1) is 23.4. The fourth-order valence-corrected chi connectivity index (χ4v) is 7.02. The third-order valence-electron chi connectivity index (χ3n) is 9.37. The number of anilines is 1. The zero-order valence-electron chi connectivity index (χ0n) is 27.0. The fraction of sp³-hybridized carbons (Fsp3) is 0.441. The molecule has 3 aromatic rings. The first-order valence-corrected chi connectivity index (χ1v) is 16.6. The molecule has 1 saturated heterocycles. The van der Waals surface area contributed by atoms with Crippen LogP contribution in [0.4, 0.5) is 24.7 Å². The first-order valence-electron chi connectivity index (χ1n) is 16.2. The molecule has 2 amide bonds. The smallest absolute Gasteiger partial charge is 0.357 e. The average Bonchev–Trinajstić information content (AvgIpc) is 3.43. The number of alkyl halides is 3. The van der Waals surface area contributed by atoms with Crippen molar-refractivity contribution in [2.45, 2.75) is 64.2 Å². The van der Waals surface area contributed by atoms with E-state index in [-0.39, 0.29) is 56.0 Å². The number of aromatic nitrogens is 3. The Morgan fingerprint density at radius 3 is 2.67 bits per heavy atom. The standard InChI is InChI=1S/C34H34ClF3N8O3/c1-18(2)7-25-31(32(39)48)30(19-3-4-26-27(8-19)49-17-29(47)45(26)16-28-40-11-21(35)12-41-28)23-13-42-46(33(23)43-25)14-20-5-6-44(15-24(20)36)22-9-34(37,38)10-22/h3-4,8,11-14,18,20,22,24H,5-7,9-10,15-17H2,1-2H3,(H-,39,48)/p+1/b46-14+/t20?,24-/m1/s1. The number of ether oxygens (including phenoxy) is 1. The molecule has 0 radical (unpaired) electrons. The first kappa shape index (κ1) is 33.1. The lowest BCUT2D eigenvalue weighted by Gasteiger charge is -2.45. The van der Waals surface area contributed by atoms with E-state index in [1.54, 1.807) is 35.3 Å². The predicted molar refractivity (Wildman–Crippen MR) is 177 cm³/mol. The molecule has 49 heavy (non-hydrogen) atoms. The van der Waals surface area contributed by atoms with Crippen molar-refractivity contribution >= 4 is 47.3 Å². The van der Waals surface area contributed by atoms with Crippen molar-refractivity contribution in [2.24, 2.45) is 22.7 Å². The van der Waals surface area contributed by atoms with Gasteiger partial charge in [-0.25, -0.2) is 23.1 Å². The Hall–Kier alpha value is -4.43. The van der Waals surface area contributed by atoms with Crippen molar-refractivity contribution in [2.75, 3.05) is 24.6 Å². The van der Waals surface area contributed by atoms with Crippen LogP contribution in [0.25, 0.3) is 11.1 Å². The average molecular weight is 696 g/mol. The second kappa shape index (κ2) is 12.8. The molecule has 3 aliphatic heterocycles.